The molecule has 2 aromatic carbocycles. The molecule has 0 aliphatic heterocycles. The highest BCUT2D eigenvalue weighted by molar-refractivity contribution is 6.00. The van der Waals surface area contributed by atoms with Gasteiger partial charge in [0.15, 0.2) is 11.2 Å². The molecule has 0 saturated heterocycles. The van der Waals surface area contributed by atoms with Crippen LogP contribution in [-0.2, 0) is 6.42 Å². The third-order valence-corrected chi connectivity index (χ3v) is 5.18. The van der Waals surface area contributed by atoms with Gasteiger partial charge in [0.05, 0.1) is 11.3 Å². The normalized spacial score (nSPS) is 11.2. The van der Waals surface area contributed by atoms with Gasteiger partial charge in [0, 0.05) is 11.8 Å². The van der Waals surface area contributed by atoms with Gasteiger partial charge < -0.3 is 0 Å². The van der Waals surface area contributed by atoms with Crippen molar-refractivity contribution in [3.63, 3.8) is 0 Å². The Morgan fingerprint density at radius 1 is 1.03 bits per heavy atom. The van der Waals surface area contributed by atoms with E-state index < -0.39 is 11.5 Å². The molecule has 9 heteroatoms. The number of carbonyl (C=O) groups is 1. The summed E-state index contributed by atoms with van der Waals surface area (Å²) in [5.41, 5.74) is 5.67. The molecule has 3 aromatic heterocycles. The van der Waals surface area contributed by atoms with Crippen LogP contribution in [0.15, 0.2) is 71.7 Å². The lowest BCUT2D eigenvalue weighted by atomic mass is 10.0. The lowest BCUT2D eigenvalue weighted by Crippen LogP contribution is -2.33. The molecule has 0 spiro atoms. The minimum Gasteiger partial charge on any atom is -0.267 e. The van der Waals surface area contributed by atoms with Gasteiger partial charge >= 0.3 is 0 Å². The van der Waals surface area contributed by atoms with Gasteiger partial charge in [-0.1, -0.05) is 37.3 Å². The Bertz CT molecular complexity index is 1520. The van der Waals surface area contributed by atoms with E-state index in [1.54, 1.807) is 53.0 Å². The van der Waals surface area contributed by atoms with Gasteiger partial charge in [0.2, 0.25) is 0 Å². The Morgan fingerprint density at radius 2 is 1.78 bits per heavy atom. The molecule has 158 valence electrons. The van der Waals surface area contributed by atoms with Gasteiger partial charge in [-0.2, -0.15) is 5.10 Å². The second kappa shape index (κ2) is 7.69. The average molecular weight is 428 g/mol. The van der Waals surface area contributed by atoms with Gasteiger partial charge in [0.1, 0.15) is 11.3 Å². The first-order chi connectivity index (χ1) is 15.6. The van der Waals surface area contributed by atoms with Crippen LogP contribution in [0.25, 0.3) is 27.8 Å². The third-order valence-electron chi connectivity index (χ3n) is 5.18. The van der Waals surface area contributed by atoms with Crippen molar-refractivity contribution in [2.24, 2.45) is 0 Å². The molecule has 5 aromatic rings. The number of halogens is 1. The molecule has 0 unspecified atom stereocenters. The molecular formula is C23H17FN6O2. The third kappa shape index (κ3) is 3.20. The predicted octanol–water partition coefficient (Wildman–Crippen LogP) is 3.19. The van der Waals surface area contributed by atoms with Crippen LogP contribution < -0.4 is 11.0 Å². The van der Waals surface area contributed by atoms with Gasteiger partial charge in [-0.3, -0.25) is 15.0 Å². The second-order valence-corrected chi connectivity index (χ2v) is 7.15. The first kappa shape index (κ1) is 19.6. The summed E-state index contributed by atoms with van der Waals surface area (Å²) in [5.74, 6) is -0.759. The zero-order valence-electron chi connectivity index (χ0n) is 17.0. The number of nitrogens with zero attached hydrogens (tertiary/aromatic N) is 5. The molecule has 0 radical (unpaired) electrons. The van der Waals surface area contributed by atoms with Gasteiger partial charge in [-0.25, -0.2) is 13.6 Å². The maximum absolute atomic E-state index is 13.4. The van der Waals surface area contributed by atoms with E-state index in [1.165, 1.54) is 18.3 Å². The number of aromatic nitrogens is 5. The molecule has 0 atom stereocenters. The largest absolute Gasteiger partial charge is 0.299 e. The van der Waals surface area contributed by atoms with Crippen LogP contribution in [0, 0.1) is 5.82 Å². The zero-order valence-corrected chi connectivity index (χ0v) is 17.0. The van der Waals surface area contributed by atoms with Gasteiger partial charge in [0.25, 0.3) is 11.5 Å². The Hall–Kier alpha value is -4.40. The topological polar surface area (TPSA) is 94.2 Å². The summed E-state index contributed by atoms with van der Waals surface area (Å²) in [6.45, 7) is 1.95. The summed E-state index contributed by atoms with van der Waals surface area (Å²) < 4.78 is 16.0. The van der Waals surface area contributed by atoms with E-state index in [4.69, 9.17) is 0 Å². The SMILES string of the molecule is CCc1nn2c(nnc3c(=O)n(NC(=O)c4ccccc4)ccc32)c1-c1ccc(F)cc1. The number of rotatable bonds is 4. The van der Waals surface area contributed by atoms with E-state index >= 15 is 0 Å². The zero-order chi connectivity index (χ0) is 22.2. The van der Waals surface area contributed by atoms with Crippen LogP contribution in [0.1, 0.15) is 23.0 Å². The van der Waals surface area contributed by atoms with Crippen molar-refractivity contribution >= 4 is 22.6 Å². The molecule has 0 aliphatic carbocycles. The van der Waals surface area contributed by atoms with Crippen LogP contribution in [-0.4, -0.2) is 30.4 Å². The van der Waals surface area contributed by atoms with Crippen molar-refractivity contribution in [3.8, 4) is 11.1 Å². The number of amides is 1. The molecule has 0 aliphatic rings. The maximum Gasteiger partial charge on any atom is 0.299 e. The lowest BCUT2D eigenvalue weighted by molar-refractivity contribution is 0.101. The number of aryl methyl sites for hydroxylation is 1. The van der Waals surface area contributed by atoms with Gasteiger partial charge in [-0.15, -0.1) is 10.2 Å². The predicted molar refractivity (Wildman–Crippen MR) is 117 cm³/mol. The van der Waals surface area contributed by atoms with E-state index in [9.17, 15) is 14.0 Å². The first-order valence-electron chi connectivity index (χ1n) is 9.99. The average Bonchev–Trinajstić information content (AvgIpc) is 3.21. The highest BCUT2D eigenvalue weighted by Crippen LogP contribution is 2.29. The Labute approximate surface area is 180 Å². The molecule has 0 bridgehead atoms. The molecule has 1 N–H and O–H groups in total. The van der Waals surface area contributed by atoms with Crippen molar-refractivity contribution in [1.82, 2.24) is 24.5 Å². The summed E-state index contributed by atoms with van der Waals surface area (Å²) in [5, 5.41) is 13.0. The number of carbonyl (C=O) groups excluding carboxylic acids is 1. The quantitative estimate of drug-likeness (QED) is 0.475. The van der Waals surface area contributed by atoms with Crippen LogP contribution in [0.2, 0.25) is 0 Å². The monoisotopic (exact) mass is 428 g/mol. The van der Waals surface area contributed by atoms with Crippen LogP contribution in [0.4, 0.5) is 4.39 Å². The number of hydrogen-bond acceptors (Lipinski definition) is 5. The second-order valence-electron chi connectivity index (χ2n) is 7.15. The number of hydrogen-bond donors (Lipinski definition) is 1. The molecular weight excluding hydrogens is 411 g/mol. The lowest BCUT2D eigenvalue weighted by Gasteiger charge is -2.09. The van der Waals surface area contributed by atoms with E-state index in [0.29, 0.717) is 23.1 Å². The van der Waals surface area contributed by atoms with E-state index in [1.807, 2.05) is 6.92 Å². The molecule has 5 rings (SSSR count). The summed E-state index contributed by atoms with van der Waals surface area (Å²) in [6, 6.07) is 16.3. The van der Waals surface area contributed by atoms with Crippen LogP contribution in [0.5, 0.6) is 0 Å². The number of nitrogens with one attached hydrogen (secondary N) is 1. The van der Waals surface area contributed by atoms with Crippen molar-refractivity contribution < 1.29 is 9.18 Å². The van der Waals surface area contributed by atoms with Gasteiger partial charge in [-0.05, 0) is 42.3 Å². The van der Waals surface area contributed by atoms with E-state index in [-0.39, 0.29) is 11.3 Å². The summed E-state index contributed by atoms with van der Waals surface area (Å²) in [7, 11) is 0. The Morgan fingerprint density at radius 3 is 2.50 bits per heavy atom. The van der Waals surface area contributed by atoms with Crippen molar-refractivity contribution in [3.05, 3.63) is 94.3 Å². The van der Waals surface area contributed by atoms with E-state index in [2.05, 4.69) is 20.7 Å². The first-order valence-corrected chi connectivity index (χ1v) is 9.99. The number of pyridine rings is 1. The van der Waals surface area contributed by atoms with Crippen molar-refractivity contribution in [2.45, 2.75) is 13.3 Å². The molecule has 3 heterocycles. The fourth-order valence-electron chi connectivity index (χ4n) is 3.60. The van der Waals surface area contributed by atoms with Crippen LogP contribution in [0.3, 0.4) is 0 Å². The molecule has 1 amide bonds. The summed E-state index contributed by atoms with van der Waals surface area (Å²) in [6.07, 6.45) is 2.07. The standard InChI is InChI=1S/C23H17FN6O2/c1-2-17-19(14-8-10-16(24)11-9-14)21-26-25-20-18(30(21)27-17)12-13-29(23(20)32)28-22(31)15-6-4-3-5-7-15/h3-13H,2H2,1H3,(H,28,31). The van der Waals surface area contributed by atoms with Crippen LogP contribution >= 0.6 is 0 Å². The Kier molecular flexibility index (Phi) is 4.70. The van der Waals surface area contributed by atoms with E-state index in [0.717, 1.165) is 21.5 Å². The fourth-order valence-corrected chi connectivity index (χ4v) is 3.60. The number of fused-ring (bicyclic) bond motifs is 3. The molecule has 0 fully saturated rings. The molecule has 0 saturated carbocycles. The minimum atomic E-state index is -0.530. The highest BCUT2D eigenvalue weighted by atomic mass is 19.1. The summed E-state index contributed by atoms with van der Waals surface area (Å²) >= 11 is 0. The highest BCUT2D eigenvalue weighted by Gasteiger charge is 2.19. The number of benzene rings is 2. The van der Waals surface area contributed by atoms with Crippen molar-refractivity contribution in [1.29, 1.82) is 0 Å². The molecule has 8 nitrogen and oxygen atoms in total. The van der Waals surface area contributed by atoms with Crippen molar-refractivity contribution in [2.75, 3.05) is 5.43 Å². The minimum absolute atomic E-state index is 0.0594. The Balaban J connectivity index is 1.63. The molecule has 32 heavy (non-hydrogen) atoms. The smallest absolute Gasteiger partial charge is 0.267 e. The maximum atomic E-state index is 13.4. The fraction of sp³-hybridized carbons (Fsp3) is 0.0870. The summed E-state index contributed by atoms with van der Waals surface area (Å²) in [4.78, 5) is 25.4.